The summed E-state index contributed by atoms with van der Waals surface area (Å²) in [5.41, 5.74) is 1.46. The molecule has 0 aromatic heterocycles. The molecule has 1 saturated heterocycles. The predicted octanol–water partition coefficient (Wildman–Crippen LogP) is 3.22. The van der Waals surface area contributed by atoms with E-state index in [4.69, 9.17) is 16.3 Å². The monoisotopic (exact) mass is 236 g/mol. The molecule has 1 aliphatic heterocycles. The summed E-state index contributed by atoms with van der Waals surface area (Å²) >= 11 is 6.22. The summed E-state index contributed by atoms with van der Waals surface area (Å²) in [7, 11) is 0. The highest BCUT2D eigenvalue weighted by atomic mass is 35.5. The van der Waals surface area contributed by atoms with Crippen LogP contribution in [0.25, 0.3) is 5.03 Å². The van der Waals surface area contributed by atoms with E-state index in [2.05, 4.69) is 0 Å². The van der Waals surface area contributed by atoms with Gasteiger partial charge in [-0.25, -0.2) is 4.79 Å². The summed E-state index contributed by atoms with van der Waals surface area (Å²) in [6.07, 6.45) is -0.166. The van der Waals surface area contributed by atoms with E-state index >= 15 is 0 Å². The van der Waals surface area contributed by atoms with Gasteiger partial charge in [-0.15, -0.1) is 0 Å². The average molecular weight is 237 g/mol. The first-order valence-electron chi connectivity index (χ1n) is 5.27. The van der Waals surface area contributed by atoms with Gasteiger partial charge in [-0.1, -0.05) is 55.8 Å². The van der Waals surface area contributed by atoms with Crippen molar-refractivity contribution in [2.75, 3.05) is 0 Å². The normalized spacial score (nSPS) is 22.8. The Hall–Kier alpha value is -1.28. The molecule has 0 radical (unpaired) electrons. The Balaban J connectivity index is 2.37. The molecule has 16 heavy (non-hydrogen) atoms. The highest BCUT2D eigenvalue weighted by molar-refractivity contribution is 6.51. The summed E-state index contributed by atoms with van der Waals surface area (Å²) in [4.78, 5) is 11.4. The molecule has 2 nitrogen and oxygen atoms in total. The highest BCUT2D eigenvalue weighted by Crippen LogP contribution is 2.36. The molecule has 1 unspecified atom stereocenters. The average Bonchev–Trinajstić information content (AvgIpc) is 2.26. The highest BCUT2D eigenvalue weighted by Gasteiger charge is 2.40. The van der Waals surface area contributed by atoms with Gasteiger partial charge in [-0.05, 0) is 11.5 Å². The van der Waals surface area contributed by atoms with Gasteiger partial charge in [-0.2, -0.15) is 0 Å². The molecule has 0 amide bonds. The maximum Gasteiger partial charge on any atom is 0.339 e. The number of esters is 1. The van der Waals surface area contributed by atoms with Gasteiger partial charge in [0.2, 0.25) is 0 Å². The van der Waals surface area contributed by atoms with Crippen molar-refractivity contribution < 1.29 is 9.53 Å². The number of benzene rings is 1. The van der Waals surface area contributed by atoms with Gasteiger partial charge < -0.3 is 4.74 Å². The second-order valence-electron chi connectivity index (χ2n) is 4.16. The van der Waals surface area contributed by atoms with Gasteiger partial charge >= 0.3 is 5.97 Å². The van der Waals surface area contributed by atoms with E-state index in [9.17, 15) is 4.79 Å². The van der Waals surface area contributed by atoms with Crippen molar-refractivity contribution in [1.82, 2.24) is 0 Å². The molecule has 1 fully saturated rings. The molecule has 0 aliphatic carbocycles. The van der Waals surface area contributed by atoms with E-state index in [0.717, 1.165) is 5.56 Å². The maximum atomic E-state index is 11.4. The minimum absolute atomic E-state index is 0.166. The molecule has 0 spiro atoms. The summed E-state index contributed by atoms with van der Waals surface area (Å²) in [6, 6.07) is 9.48. The third-order valence-corrected chi connectivity index (χ3v) is 3.03. The first kappa shape index (κ1) is 11.2. The molecule has 2 rings (SSSR count). The van der Waals surface area contributed by atoms with Gasteiger partial charge in [0.05, 0.1) is 10.6 Å². The number of hydrogen-bond donors (Lipinski definition) is 0. The first-order valence-corrected chi connectivity index (χ1v) is 5.65. The van der Waals surface area contributed by atoms with Crippen LogP contribution >= 0.6 is 11.6 Å². The van der Waals surface area contributed by atoms with Crippen LogP contribution in [0, 0.1) is 5.92 Å². The maximum absolute atomic E-state index is 11.4. The second kappa shape index (κ2) is 4.30. The number of rotatable bonds is 2. The fourth-order valence-corrected chi connectivity index (χ4v) is 2.03. The van der Waals surface area contributed by atoms with Gasteiger partial charge in [0.15, 0.2) is 0 Å². The van der Waals surface area contributed by atoms with E-state index in [1.54, 1.807) is 0 Å². The molecule has 1 atom stereocenters. The predicted molar refractivity (Wildman–Crippen MR) is 63.9 cm³/mol. The molecule has 1 aromatic carbocycles. The second-order valence-corrected chi connectivity index (χ2v) is 4.54. The standard InChI is InChI=1S/C13H13ClO2/c1-8(2)12-10(13(15)16-12)11(14)9-6-4-3-5-7-9/h3-8,12H,1-2H3/b11-10+. The van der Waals surface area contributed by atoms with Gasteiger partial charge in [-0.3, -0.25) is 0 Å². The van der Waals surface area contributed by atoms with Crippen LogP contribution in [0.15, 0.2) is 35.9 Å². The molecule has 84 valence electrons. The Bertz CT molecular complexity index is 435. The number of halogens is 1. The minimum atomic E-state index is -0.299. The number of hydrogen-bond acceptors (Lipinski definition) is 2. The molecule has 0 bridgehead atoms. The Morgan fingerprint density at radius 2 is 1.94 bits per heavy atom. The lowest BCUT2D eigenvalue weighted by Gasteiger charge is -2.32. The van der Waals surface area contributed by atoms with Crippen molar-refractivity contribution in [1.29, 1.82) is 0 Å². The summed E-state index contributed by atoms with van der Waals surface area (Å²) in [5, 5.41) is 0.510. The topological polar surface area (TPSA) is 26.3 Å². The van der Waals surface area contributed by atoms with E-state index in [1.165, 1.54) is 0 Å². The fourth-order valence-electron chi connectivity index (χ4n) is 1.72. The molecule has 1 aliphatic rings. The van der Waals surface area contributed by atoms with Crippen molar-refractivity contribution in [2.45, 2.75) is 20.0 Å². The molecule has 0 N–H and O–H groups in total. The molecule has 1 heterocycles. The zero-order chi connectivity index (χ0) is 11.7. The Morgan fingerprint density at radius 3 is 2.44 bits per heavy atom. The van der Waals surface area contributed by atoms with Crippen LogP contribution in [-0.4, -0.2) is 12.1 Å². The van der Waals surface area contributed by atoms with E-state index < -0.39 is 0 Å². The Labute approximate surface area is 99.9 Å². The van der Waals surface area contributed by atoms with Gasteiger partial charge in [0, 0.05) is 0 Å². The summed E-state index contributed by atoms with van der Waals surface area (Å²) in [6.45, 7) is 4.01. The molecule has 3 heteroatoms. The lowest BCUT2D eigenvalue weighted by atomic mass is 9.92. The molecule has 0 saturated carbocycles. The van der Waals surface area contributed by atoms with E-state index in [-0.39, 0.29) is 18.0 Å². The van der Waals surface area contributed by atoms with Gasteiger partial charge in [0.25, 0.3) is 0 Å². The molecule has 1 aromatic rings. The minimum Gasteiger partial charge on any atom is -0.453 e. The van der Waals surface area contributed by atoms with Crippen LogP contribution < -0.4 is 0 Å². The number of carbonyl (C=O) groups is 1. The zero-order valence-electron chi connectivity index (χ0n) is 9.24. The van der Waals surface area contributed by atoms with Crippen molar-refractivity contribution >= 4 is 22.6 Å². The van der Waals surface area contributed by atoms with Crippen LogP contribution in [0.3, 0.4) is 0 Å². The van der Waals surface area contributed by atoms with Crippen LogP contribution in [0.5, 0.6) is 0 Å². The zero-order valence-corrected chi connectivity index (χ0v) is 9.99. The Kier molecular flexibility index (Phi) is 3.01. The van der Waals surface area contributed by atoms with Crippen molar-refractivity contribution in [3.63, 3.8) is 0 Å². The van der Waals surface area contributed by atoms with Crippen molar-refractivity contribution in [2.24, 2.45) is 5.92 Å². The SMILES string of the molecule is CC(C)C1OC(=O)/C1=C(/Cl)c1ccccc1. The quantitative estimate of drug-likeness (QED) is 0.582. The number of cyclic esters (lactones) is 1. The number of carbonyl (C=O) groups excluding carboxylic acids is 1. The van der Waals surface area contributed by atoms with Gasteiger partial charge in [0.1, 0.15) is 6.10 Å². The van der Waals surface area contributed by atoms with Crippen molar-refractivity contribution in [3.8, 4) is 0 Å². The summed E-state index contributed by atoms with van der Waals surface area (Å²) < 4.78 is 5.07. The first-order chi connectivity index (χ1) is 7.61. The molecular weight excluding hydrogens is 224 g/mol. The van der Waals surface area contributed by atoms with Crippen LogP contribution in [0.2, 0.25) is 0 Å². The lowest BCUT2D eigenvalue weighted by Crippen LogP contribution is -2.40. The van der Waals surface area contributed by atoms with E-state index in [1.807, 2.05) is 44.2 Å². The van der Waals surface area contributed by atoms with Crippen LogP contribution in [0.4, 0.5) is 0 Å². The largest absolute Gasteiger partial charge is 0.453 e. The lowest BCUT2D eigenvalue weighted by molar-refractivity contribution is -0.158. The van der Waals surface area contributed by atoms with E-state index in [0.29, 0.717) is 10.6 Å². The fraction of sp³-hybridized carbons (Fsp3) is 0.308. The van der Waals surface area contributed by atoms with Crippen LogP contribution in [-0.2, 0) is 9.53 Å². The molecular formula is C13H13ClO2. The third kappa shape index (κ3) is 1.85. The Morgan fingerprint density at radius 1 is 1.31 bits per heavy atom. The van der Waals surface area contributed by atoms with Crippen LogP contribution in [0.1, 0.15) is 19.4 Å². The third-order valence-electron chi connectivity index (χ3n) is 2.61. The summed E-state index contributed by atoms with van der Waals surface area (Å²) in [5.74, 6) is -0.0438. The number of ether oxygens (including phenoxy) is 1. The van der Waals surface area contributed by atoms with Crippen molar-refractivity contribution in [3.05, 3.63) is 41.5 Å². The smallest absolute Gasteiger partial charge is 0.339 e.